The van der Waals surface area contributed by atoms with E-state index < -0.39 is 0 Å². The Morgan fingerprint density at radius 2 is 1.89 bits per heavy atom. The summed E-state index contributed by atoms with van der Waals surface area (Å²) >= 11 is 1.78. The van der Waals surface area contributed by atoms with Crippen molar-refractivity contribution in [1.29, 1.82) is 0 Å². The topological polar surface area (TPSA) is 17.1 Å². The minimum atomic E-state index is 0.283. The summed E-state index contributed by atoms with van der Waals surface area (Å²) in [4.78, 5) is 14.1. The van der Waals surface area contributed by atoms with Gasteiger partial charge in [-0.2, -0.15) is 0 Å². The summed E-state index contributed by atoms with van der Waals surface area (Å²) in [7, 11) is 0. The van der Waals surface area contributed by atoms with Crippen molar-refractivity contribution in [3.8, 4) is 0 Å². The van der Waals surface area contributed by atoms with E-state index in [0.29, 0.717) is 12.3 Å². The maximum Gasteiger partial charge on any atom is 0.156 e. The van der Waals surface area contributed by atoms with Crippen LogP contribution in [-0.2, 0) is 4.79 Å². The number of rotatable bonds is 0. The summed E-state index contributed by atoms with van der Waals surface area (Å²) in [6, 6.07) is 13.0. The van der Waals surface area contributed by atoms with E-state index in [1.54, 1.807) is 11.8 Å². The average Bonchev–Trinajstić information content (AvgIpc) is 2.72. The third kappa shape index (κ3) is 1.45. The van der Waals surface area contributed by atoms with E-state index in [1.165, 1.54) is 26.1 Å². The van der Waals surface area contributed by atoms with Crippen LogP contribution in [0.4, 0.5) is 0 Å². The number of ketones is 1. The molecule has 0 saturated heterocycles. The van der Waals surface area contributed by atoms with Crippen molar-refractivity contribution in [2.45, 2.75) is 23.7 Å². The van der Waals surface area contributed by atoms with Gasteiger partial charge >= 0.3 is 0 Å². The van der Waals surface area contributed by atoms with Crippen molar-refractivity contribution < 1.29 is 4.79 Å². The maximum absolute atomic E-state index is 11.5. The monoisotopic (exact) mass is 252 g/mol. The van der Waals surface area contributed by atoms with Crippen LogP contribution < -0.4 is 0 Å². The molecule has 2 aliphatic rings. The number of allylic oxidation sites excluding steroid dienone is 2. The van der Waals surface area contributed by atoms with Crippen molar-refractivity contribution in [2.75, 3.05) is 0 Å². The van der Waals surface area contributed by atoms with Gasteiger partial charge in [-0.15, -0.1) is 0 Å². The van der Waals surface area contributed by atoms with Crippen LogP contribution in [-0.4, -0.2) is 5.78 Å². The standard InChI is InChI=1S/C16H12OS/c17-12-5-6-13-14-7-10-3-1-2-4-11(10)8-15(14)18-16(13)9-12/h1-4,7-9,13H,5-6H2. The zero-order valence-electron chi connectivity index (χ0n) is 9.85. The van der Waals surface area contributed by atoms with E-state index in [9.17, 15) is 4.79 Å². The molecule has 0 aromatic heterocycles. The molecule has 0 spiro atoms. The van der Waals surface area contributed by atoms with E-state index in [4.69, 9.17) is 0 Å². The molecule has 1 aliphatic carbocycles. The van der Waals surface area contributed by atoms with Crippen molar-refractivity contribution in [3.05, 3.63) is 52.9 Å². The van der Waals surface area contributed by atoms with E-state index in [2.05, 4.69) is 36.4 Å². The SMILES string of the molecule is O=C1C=C2Sc3cc4ccccc4cc3C2CC1. The second-order valence-electron chi connectivity index (χ2n) is 4.94. The molecule has 0 N–H and O–H groups in total. The molecular formula is C16H12OS. The van der Waals surface area contributed by atoms with Gasteiger partial charge in [-0.05, 0) is 41.0 Å². The van der Waals surface area contributed by atoms with Crippen LogP contribution in [0, 0.1) is 0 Å². The maximum atomic E-state index is 11.5. The zero-order valence-corrected chi connectivity index (χ0v) is 10.7. The summed E-state index contributed by atoms with van der Waals surface area (Å²) in [5.41, 5.74) is 1.41. The summed E-state index contributed by atoms with van der Waals surface area (Å²) in [6.45, 7) is 0. The van der Waals surface area contributed by atoms with Crippen molar-refractivity contribution in [1.82, 2.24) is 0 Å². The molecule has 1 unspecified atom stereocenters. The minimum Gasteiger partial charge on any atom is -0.295 e. The Hall–Kier alpha value is -1.54. The predicted molar refractivity (Wildman–Crippen MR) is 74.9 cm³/mol. The summed E-state index contributed by atoms with van der Waals surface area (Å²) < 4.78 is 0. The second-order valence-corrected chi connectivity index (χ2v) is 6.06. The quantitative estimate of drug-likeness (QED) is 0.696. The molecule has 0 bridgehead atoms. The zero-order chi connectivity index (χ0) is 12.1. The number of hydrogen-bond acceptors (Lipinski definition) is 2. The smallest absolute Gasteiger partial charge is 0.156 e. The highest BCUT2D eigenvalue weighted by Gasteiger charge is 2.31. The molecule has 1 heterocycles. The highest BCUT2D eigenvalue weighted by molar-refractivity contribution is 8.03. The van der Waals surface area contributed by atoms with Gasteiger partial charge in [0, 0.05) is 22.1 Å². The lowest BCUT2D eigenvalue weighted by molar-refractivity contribution is -0.115. The lowest BCUT2D eigenvalue weighted by Crippen LogP contribution is -2.07. The van der Waals surface area contributed by atoms with Gasteiger partial charge in [-0.1, -0.05) is 36.0 Å². The molecular weight excluding hydrogens is 240 g/mol. The van der Waals surface area contributed by atoms with Gasteiger partial charge in [-0.3, -0.25) is 4.79 Å². The van der Waals surface area contributed by atoms with Gasteiger partial charge in [0.2, 0.25) is 0 Å². The molecule has 2 aromatic rings. The summed E-state index contributed by atoms with van der Waals surface area (Å²) in [5.74, 6) is 0.749. The fourth-order valence-corrected chi connectivity index (χ4v) is 4.23. The second kappa shape index (κ2) is 3.72. The van der Waals surface area contributed by atoms with Gasteiger partial charge in [0.25, 0.3) is 0 Å². The van der Waals surface area contributed by atoms with E-state index >= 15 is 0 Å². The Labute approximate surface area is 110 Å². The van der Waals surface area contributed by atoms with Gasteiger partial charge < -0.3 is 0 Å². The molecule has 1 atom stereocenters. The lowest BCUT2D eigenvalue weighted by atomic mass is 9.88. The fraction of sp³-hybridized carbons (Fsp3) is 0.188. The van der Waals surface area contributed by atoms with Crippen molar-refractivity contribution >= 4 is 28.3 Å². The van der Waals surface area contributed by atoms with Gasteiger partial charge in [-0.25, -0.2) is 0 Å². The highest BCUT2D eigenvalue weighted by atomic mass is 32.2. The third-order valence-corrected chi connectivity index (χ3v) is 5.02. The molecule has 0 amide bonds. The fourth-order valence-electron chi connectivity index (χ4n) is 2.89. The Morgan fingerprint density at radius 1 is 1.11 bits per heavy atom. The molecule has 4 rings (SSSR count). The number of carbonyl (C=O) groups excluding carboxylic acids is 1. The van der Waals surface area contributed by atoms with Crippen molar-refractivity contribution in [3.63, 3.8) is 0 Å². The van der Waals surface area contributed by atoms with E-state index in [0.717, 1.165) is 6.42 Å². The number of carbonyl (C=O) groups is 1. The Morgan fingerprint density at radius 3 is 2.72 bits per heavy atom. The first-order valence-corrected chi connectivity index (χ1v) is 7.08. The highest BCUT2D eigenvalue weighted by Crippen LogP contribution is 2.52. The summed E-state index contributed by atoms with van der Waals surface area (Å²) in [6.07, 6.45) is 3.52. The van der Waals surface area contributed by atoms with Crippen molar-refractivity contribution in [2.24, 2.45) is 0 Å². The van der Waals surface area contributed by atoms with Gasteiger partial charge in [0.05, 0.1) is 0 Å². The summed E-state index contributed by atoms with van der Waals surface area (Å²) in [5, 5.41) is 2.59. The number of hydrogen-bond donors (Lipinski definition) is 0. The first-order valence-electron chi connectivity index (χ1n) is 6.26. The Kier molecular flexibility index (Phi) is 2.15. The van der Waals surface area contributed by atoms with Crippen LogP contribution in [0.1, 0.15) is 24.3 Å². The predicted octanol–water partition coefficient (Wildman–Crippen LogP) is 4.28. The largest absolute Gasteiger partial charge is 0.295 e. The number of thioether (sulfide) groups is 1. The third-order valence-electron chi connectivity index (χ3n) is 3.81. The average molecular weight is 252 g/mol. The van der Waals surface area contributed by atoms with Crippen LogP contribution in [0.25, 0.3) is 10.8 Å². The molecule has 2 aromatic carbocycles. The molecule has 1 nitrogen and oxygen atoms in total. The molecule has 2 heteroatoms. The lowest BCUT2D eigenvalue weighted by Gasteiger charge is -2.16. The normalized spacial score (nSPS) is 21.7. The molecule has 0 radical (unpaired) electrons. The number of benzene rings is 2. The number of fused-ring (bicyclic) bond motifs is 4. The van der Waals surface area contributed by atoms with Crippen LogP contribution in [0.5, 0.6) is 0 Å². The first kappa shape index (κ1) is 10.4. The molecule has 88 valence electrons. The minimum absolute atomic E-state index is 0.283. The Bertz CT molecular complexity index is 699. The van der Waals surface area contributed by atoms with Crippen LogP contribution >= 0.6 is 11.8 Å². The molecule has 18 heavy (non-hydrogen) atoms. The molecule has 0 fully saturated rings. The van der Waals surface area contributed by atoms with Gasteiger partial charge in [0.1, 0.15) is 0 Å². The first-order chi connectivity index (χ1) is 8.81. The van der Waals surface area contributed by atoms with E-state index in [1.807, 2.05) is 6.08 Å². The molecule has 1 aliphatic heterocycles. The van der Waals surface area contributed by atoms with Crippen LogP contribution in [0.15, 0.2) is 52.3 Å². The Balaban J connectivity index is 1.93. The van der Waals surface area contributed by atoms with Gasteiger partial charge in [0.15, 0.2) is 5.78 Å². The van der Waals surface area contributed by atoms with Crippen LogP contribution in [0.3, 0.4) is 0 Å². The van der Waals surface area contributed by atoms with Crippen LogP contribution in [0.2, 0.25) is 0 Å². The molecule has 0 saturated carbocycles. The van der Waals surface area contributed by atoms with E-state index in [-0.39, 0.29) is 5.78 Å².